The molecule has 0 radical (unpaired) electrons. The highest BCUT2D eigenvalue weighted by Crippen LogP contribution is 2.21. The first-order valence-electron chi connectivity index (χ1n) is 6.27. The second-order valence-corrected chi connectivity index (χ2v) is 4.54. The lowest BCUT2D eigenvalue weighted by Crippen LogP contribution is -2.28. The minimum atomic E-state index is 0.773. The summed E-state index contributed by atoms with van der Waals surface area (Å²) in [7, 11) is 0. The van der Waals surface area contributed by atoms with Crippen LogP contribution in [-0.4, -0.2) is 23.0 Å². The summed E-state index contributed by atoms with van der Waals surface area (Å²) in [6, 6.07) is 10.6. The smallest absolute Gasteiger partial charge is 0.221 e. The molecule has 1 aromatic carbocycles. The van der Waals surface area contributed by atoms with Crippen molar-refractivity contribution in [3.63, 3.8) is 0 Å². The zero-order valence-corrected chi connectivity index (χ0v) is 10.2. The van der Waals surface area contributed by atoms with Crippen molar-refractivity contribution >= 4 is 5.57 Å². The lowest BCUT2D eigenvalue weighted by Gasteiger charge is -2.25. The summed E-state index contributed by atoms with van der Waals surface area (Å²) in [5, 5.41) is 0. The van der Waals surface area contributed by atoms with Crippen molar-refractivity contribution in [2.75, 3.05) is 13.1 Å². The Hall–Kier alpha value is -1.87. The lowest BCUT2D eigenvalue weighted by molar-refractivity contribution is 0.292. The second kappa shape index (κ2) is 5.19. The molecule has 1 aliphatic rings. The summed E-state index contributed by atoms with van der Waals surface area (Å²) in [4.78, 5) is 6.63. The van der Waals surface area contributed by atoms with E-state index < -0.39 is 0 Å². The van der Waals surface area contributed by atoms with Crippen LogP contribution in [0.25, 0.3) is 5.57 Å². The van der Waals surface area contributed by atoms with Crippen molar-refractivity contribution in [3.8, 4) is 0 Å². The summed E-state index contributed by atoms with van der Waals surface area (Å²) in [6.07, 6.45) is 6.56. The van der Waals surface area contributed by atoms with Crippen LogP contribution in [0.5, 0.6) is 0 Å². The van der Waals surface area contributed by atoms with E-state index in [2.05, 4.69) is 46.3 Å². The predicted octanol–water partition coefficient (Wildman–Crippen LogP) is 2.96. The standard InChI is InChI=1S/C15H16N2O/c1-2-4-13(5-3-1)12-17-9-6-14(7-10-17)15-16-8-11-18-15/h1-6,8,11H,7,9-10,12H2. The first-order chi connectivity index (χ1) is 8.92. The fourth-order valence-corrected chi connectivity index (χ4v) is 2.27. The van der Waals surface area contributed by atoms with Crippen LogP contribution in [0, 0.1) is 0 Å². The van der Waals surface area contributed by atoms with E-state index in [0.717, 1.165) is 31.9 Å². The zero-order valence-electron chi connectivity index (χ0n) is 10.2. The maximum atomic E-state index is 5.33. The molecule has 0 spiro atoms. The monoisotopic (exact) mass is 240 g/mol. The molecule has 0 aliphatic carbocycles. The molecule has 0 fully saturated rings. The van der Waals surface area contributed by atoms with Gasteiger partial charge in [-0.3, -0.25) is 4.90 Å². The van der Waals surface area contributed by atoms with Crippen molar-refractivity contribution in [1.29, 1.82) is 0 Å². The van der Waals surface area contributed by atoms with Crippen LogP contribution in [0.3, 0.4) is 0 Å². The fraction of sp³-hybridized carbons (Fsp3) is 0.267. The average Bonchev–Trinajstić information content (AvgIpc) is 2.95. The number of benzene rings is 1. The molecule has 1 aromatic heterocycles. The highest BCUT2D eigenvalue weighted by atomic mass is 16.3. The molecule has 3 heteroatoms. The van der Waals surface area contributed by atoms with Crippen molar-refractivity contribution in [2.45, 2.75) is 13.0 Å². The Morgan fingerprint density at radius 3 is 2.78 bits per heavy atom. The molecule has 0 saturated heterocycles. The molecule has 0 saturated carbocycles. The number of nitrogens with zero attached hydrogens (tertiary/aromatic N) is 2. The van der Waals surface area contributed by atoms with Crippen LogP contribution in [0.1, 0.15) is 17.9 Å². The first-order valence-corrected chi connectivity index (χ1v) is 6.27. The Labute approximate surface area is 107 Å². The summed E-state index contributed by atoms with van der Waals surface area (Å²) >= 11 is 0. The van der Waals surface area contributed by atoms with E-state index in [1.165, 1.54) is 11.1 Å². The van der Waals surface area contributed by atoms with Crippen molar-refractivity contribution < 1.29 is 4.42 Å². The summed E-state index contributed by atoms with van der Waals surface area (Å²) in [5.41, 5.74) is 2.59. The van der Waals surface area contributed by atoms with Crippen LogP contribution >= 0.6 is 0 Å². The van der Waals surface area contributed by atoms with Gasteiger partial charge >= 0.3 is 0 Å². The van der Waals surface area contributed by atoms with Gasteiger partial charge in [0.15, 0.2) is 0 Å². The third kappa shape index (κ3) is 2.51. The maximum Gasteiger partial charge on any atom is 0.221 e. The molecule has 1 aliphatic heterocycles. The molecule has 2 heterocycles. The number of rotatable bonds is 3. The molecule has 0 bridgehead atoms. The predicted molar refractivity (Wildman–Crippen MR) is 70.8 cm³/mol. The molecule has 0 amide bonds. The van der Waals surface area contributed by atoms with Crippen LogP contribution in [0.4, 0.5) is 0 Å². The molecule has 3 nitrogen and oxygen atoms in total. The topological polar surface area (TPSA) is 29.3 Å². The summed E-state index contributed by atoms with van der Waals surface area (Å²) in [5.74, 6) is 0.773. The van der Waals surface area contributed by atoms with Gasteiger partial charge in [0.1, 0.15) is 6.26 Å². The number of aromatic nitrogens is 1. The summed E-state index contributed by atoms with van der Waals surface area (Å²) in [6.45, 7) is 3.03. The molecule has 0 atom stereocenters. The second-order valence-electron chi connectivity index (χ2n) is 4.54. The first kappa shape index (κ1) is 11.2. The van der Waals surface area contributed by atoms with Gasteiger partial charge in [0.25, 0.3) is 0 Å². The third-order valence-electron chi connectivity index (χ3n) is 3.25. The molecule has 18 heavy (non-hydrogen) atoms. The van der Waals surface area contributed by atoms with Gasteiger partial charge in [-0.15, -0.1) is 0 Å². The van der Waals surface area contributed by atoms with E-state index >= 15 is 0 Å². The van der Waals surface area contributed by atoms with Crippen LogP contribution < -0.4 is 0 Å². The van der Waals surface area contributed by atoms with E-state index in [9.17, 15) is 0 Å². The molecular weight excluding hydrogens is 224 g/mol. The molecule has 0 unspecified atom stereocenters. The molecule has 3 rings (SSSR count). The number of oxazole rings is 1. The zero-order chi connectivity index (χ0) is 12.2. The average molecular weight is 240 g/mol. The molecule has 2 aromatic rings. The highest BCUT2D eigenvalue weighted by Gasteiger charge is 2.15. The van der Waals surface area contributed by atoms with E-state index in [1.807, 2.05) is 0 Å². The van der Waals surface area contributed by atoms with Crippen molar-refractivity contribution in [3.05, 3.63) is 60.3 Å². The van der Waals surface area contributed by atoms with Gasteiger partial charge in [-0.25, -0.2) is 4.98 Å². The van der Waals surface area contributed by atoms with E-state index in [4.69, 9.17) is 4.42 Å². The Balaban J connectivity index is 1.63. The van der Waals surface area contributed by atoms with E-state index in [1.54, 1.807) is 12.5 Å². The molecular formula is C15H16N2O. The van der Waals surface area contributed by atoms with Crippen LogP contribution in [-0.2, 0) is 6.54 Å². The lowest BCUT2D eigenvalue weighted by atomic mass is 10.1. The Morgan fingerprint density at radius 2 is 2.11 bits per heavy atom. The fourth-order valence-electron chi connectivity index (χ4n) is 2.27. The van der Waals surface area contributed by atoms with Gasteiger partial charge in [0.2, 0.25) is 5.89 Å². The van der Waals surface area contributed by atoms with Crippen molar-refractivity contribution in [2.24, 2.45) is 0 Å². The van der Waals surface area contributed by atoms with Gasteiger partial charge in [0.05, 0.1) is 6.20 Å². The van der Waals surface area contributed by atoms with Crippen molar-refractivity contribution in [1.82, 2.24) is 9.88 Å². The third-order valence-corrected chi connectivity index (χ3v) is 3.25. The highest BCUT2D eigenvalue weighted by molar-refractivity contribution is 5.59. The minimum absolute atomic E-state index is 0.773. The van der Waals surface area contributed by atoms with Crippen LogP contribution in [0.15, 0.2) is 53.3 Å². The molecule has 0 N–H and O–H groups in total. The van der Waals surface area contributed by atoms with Gasteiger partial charge in [-0.2, -0.15) is 0 Å². The SMILES string of the molecule is C1=C(c2ncco2)CCN(Cc2ccccc2)C1. The minimum Gasteiger partial charge on any atom is -0.445 e. The Kier molecular flexibility index (Phi) is 3.24. The number of hydrogen-bond acceptors (Lipinski definition) is 3. The summed E-state index contributed by atoms with van der Waals surface area (Å²) < 4.78 is 5.33. The van der Waals surface area contributed by atoms with Gasteiger partial charge in [-0.05, 0) is 12.0 Å². The maximum absolute atomic E-state index is 5.33. The number of hydrogen-bond donors (Lipinski definition) is 0. The van der Waals surface area contributed by atoms with Gasteiger partial charge in [0, 0.05) is 25.2 Å². The van der Waals surface area contributed by atoms with Crippen LogP contribution in [0.2, 0.25) is 0 Å². The quantitative estimate of drug-likeness (QED) is 0.826. The van der Waals surface area contributed by atoms with Gasteiger partial charge < -0.3 is 4.42 Å². The normalized spacial score (nSPS) is 16.6. The Morgan fingerprint density at radius 1 is 1.22 bits per heavy atom. The van der Waals surface area contributed by atoms with E-state index in [0.29, 0.717) is 0 Å². The molecule has 92 valence electrons. The Bertz CT molecular complexity index is 517. The van der Waals surface area contributed by atoms with E-state index in [-0.39, 0.29) is 0 Å². The van der Waals surface area contributed by atoms with Gasteiger partial charge in [-0.1, -0.05) is 36.4 Å². The largest absolute Gasteiger partial charge is 0.445 e.